The van der Waals surface area contributed by atoms with Gasteiger partial charge in [0.1, 0.15) is 0 Å². The molecule has 2 aromatic carbocycles. The molecular formula is C22H24N4O3S. The third-order valence-corrected chi connectivity index (χ3v) is 5.14. The maximum absolute atomic E-state index is 12.2. The minimum absolute atomic E-state index is 0.0538. The molecule has 8 heteroatoms. The molecule has 0 aliphatic heterocycles. The van der Waals surface area contributed by atoms with Crippen molar-refractivity contribution >= 4 is 40.7 Å². The van der Waals surface area contributed by atoms with Gasteiger partial charge in [0.2, 0.25) is 5.91 Å². The van der Waals surface area contributed by atoms with Crippen molar-refractivity contribution in [1.82, 2.24) is 16.2 Å². The lowest BCUT2D eigenvalue weighted by Gasteiger charge is -2.13. The molecule has 156 valence electrons. The molecule has 7 nitrogen and oxygen atoms in total. The van der Waals surface area contributed by atoms with E-state index in [0.717, 1.165) is 12.8 Å². The molecule has 4 N–H and O–H groups in total. The van der Waals surface area contributed by atoms with Gasteiger partial charge in [0.05, 0.1) is 0 Å². The molecule has 3 rings (SSSR count). The second-order valence-corrected chi connectivity index (χ2v) is 7.62. The van der Waals surface area contributed by atoms with Crippen molar-refractivity contribution in [3.63, 3.8) is 0 Å². The number of benzene rings is 2. The van der Waals surface area contributed by atoms with Crippen LogP contribution in [-0.4, -0.2) is 22.8 Å². The van der Waals surface area contributed by atoms with Gasteiger partial charge >= 0.3 is 0 Å². The first-order valence-electron chi connectivity index (χ1n) is 9.88. The van der Waals surface area contributed by atoms with E-state index in [9.17, 15) is 14.4 Å². The smallest absolute Gasteiger partial charge is 0.269 e. The van der Waals surface area contributed by atoms with Crippen LogP contribution in [0.1, 0.15) is 52.8 Å². The predicted octanol–water partition coefficient (Wildman–Crippen LogP) is 3.15. The van der Waals surface area contributed by atoms with Gasteiger partial charge in [-0.1, -0.05) is 31.0 Å². The van der Waals surface area contributed by atoms with E-state index >= 15 is 0 Å². The Bertz CT molecular complexity index is 910. The summed E-state index contributed by atoms with van der Waals surface area (Å²) in [7, 11) is 0. The van der Waals surface area contributed by atoms with Crippen LogP contribution in [-0.2, 0) is 4.79 Å². The summed E-state index contributed by atoms with van der Waals surface area (Å²) in [5.41, 5.74) is 6.48. The Morgan fingerprint density at radius 2 is 1.47 bits per heavy atom. The number of hydrogen-bond donors (Lipinski definition) is 4. The maximum atomic E-state index is 12.2. The zero-order chi connectivity index (χ0) is 21.3. The number of hydrogen-bond acceptors (Lipinski definition) is 4. The van der Waals surface area contributed by atoms with E-state index < -0.39 is 5.91 Å². The van der Waals surface area contributed by atoms with Gasteiger partial charge in [-0.2, -0.15) is 0 Å². The molecule has 0 heterocycles. The van der Waals surface area contributed by atoms with Crippen LogP contribution < -0.4 is 21.5 Å². The molecule has 0 spiro atoms. The van der Waals surface area contributed by atoms with E-state index in [0.29, 0.717) is 29.2 Å². The van der Waals surface area contributed by atoms with Crippen LogP contribution in [0.2, 0.25) is 0 Å². The average molecular weight is 425 g/mol. The normalized spacial score (nSPS) is 13.3. The van der Waals surface area contributed by atoms with Crippen molar-refractivity contribution < 1.29 is 14.4 Å². The first kappa shape index (κ1) is 21.4. The molecule has 0 saturated heterocycles. The van der Waals surface area contributed by atoms with E-state index in [1.54, 1.807) is 48.5 Å². The zero-order valence-corrected chi connectivity index (χ0v) is 17.3. The van der Waals surface area contributed by atoms with Crippen molar-refractivity contribution in [2.75, 3.05) is 5.32 Å². The average Bonchev–Trinajstić information content (AvgIpc) is 3.26. The van der Waals surface area contributed by atoms with Gasteiger partial charge in [-0.3, -0.25) is 25.2 Å². The van der Waals surface area contributed by atoms with Gasteiger partial charge in [-0.15, -0.1) is 0 Å². The molecule has 2 aromatic rings. The van der Waals surface area contributed by atoms with E-state index in [1.807, 2.05) is 6.07 Å². The summed E-state index contributed by atoms with van der Waals surface area (Å²) in [6.45, 7) is 0. The largest absolute Gasteiger partial charge is 0.322 e. The van der Waals surface area contributed by atoms with Gasteiger partial charge in [0.15, 0.2) is 5.11 Å². The summed E-state index contributed by atoms with van der Waals surface area (Å²) in [6, 6.07) is 15.3. The maximum Gasteiger partial charge on any atom is 0.269 e. The van der Waals surface area contributed by atoms with Crippen molar-refractivity contribution in [2.24, 2.45) is 5.92 Å². The van der Waals surface area contributed by atoms with Crippen LogP contribution in [0.25, 0.3) is 0 Å². The van der Waals surface area contributed by atoms with Gasteiger partial charge in [0.25, 0.3) is 11.8 Å². The molecule has 0 unspecified atom stereocenters. The molecule has 30 heavy (non-hydrogen) atoms. The van der Waals surface area contributed by atoms with Crippen LogP contribution in [0.3, 0.4) is 0 Å². The molecule has 0 aromatic heterocycles. The Balaban J connectivity index is 1.43. The predicted molar refractivity (Wildman–Crippen MR) is 119 cm³/mol. The highest BCUT2D eigenvalue weighted by Gasteiger charge is 2.19. The van der Waals surface area contributed by atoms with E-state index in [4.69, 9.17) is 12.2 Å². The number of anilines is 1. The van der Waals surface area contributed by atoms with E-state index in [2.05, 4.69) is 21.5 Å². The lowest BCUT2D eigenvalue weighted by atomic mass is 10.0. The summed E-state index contributed by atoms with van der Waals surface area (Å²) in [6.07, 6.45) is 4.95. The van der Waals surface area contributed by atoms with Gasteiger partial charge in [-0.25, -0.2) is 0 Å². The lowest BCUT2D eigenvalue weighted by molar-refractivity contribution is -0.120. The lowest BCUT2D eigenvalue weighted by Crippen LogP contribution is -2.48. The Morgan fingerprint density at radius 1 is 0.833 bits per heavy atom. The van der Waals surface area contributed by atoms with Crippen LogP contribution in [0.4, 0.5) is 5.69 Å². The number of amides is 3. The molecule has 0 radical (unpaired) electrons. The summed E-state index contributed by atoms with van der Waals surface area (Å²) in [5, 5.41) is 5.40. The number of carbonyl (C=O) groups is 3. The van der Waals surface area contributed by atoms with Crippen molar-refractivity contribution in [2.45, 2.75) is 32.1 Å². The molecular weight excluding hydrogens is 400 g/mol. The number of carbonyl (C=O) groups excluding carboxylic acids is 3. The van der Waals surface area contributed by atoms with E-state index in [-0.39, 0.29) is 16.9 Å². The summed E-state index contributed by atoms with van der Waals surface area (Å²) in [4.78, 5) is 36.4. The summed E-state index contributed by atoms with van der Waals surface area (Å²) < 4.78 is 0. The Morgan fingerprint density at radius 3 is 2.13 bits per heavy atom. The number of thiocarbonyl (C=S) groups is 1. The van der Waals surface area contributed by atoms with Crippen LogP contribution in [0, 0.1) is 5.92 Å². The fourth-order valence-corrected chi connectivity index (χ4v) is 3.53. The SMILES string of the molecule is O=C(CC1CCCC1)NC(=S)NNC(=O)c1ccc(NC(=O)c2ccccc2)cc1. The van der Waals surface area contributed by atoms with Gasteiger partial charge in [0, 0.05) is 23.2 Å². The topological polar surface area (TPSA) is 99.3 Å². The standard InChI is InChI=1S/C22H24N4O3S/c27-19(14-15-6-4-5-7-15)24-22(30)26-25-21(29)17-10-12-18(13-11-17)23-20(28)16-8-2-1-3-9-16/h1-3,8-13,15H,4-7,14H2,(H,23,28)(H,25,29)(H2,24,26,27,30). The number of rotatable bonds is 5. The van der Waals surface area contributed by atoms with Gasteiger partial charge < -0.3 is 10.6 Å². The molecule has 1 aliphatic carbocycles. The van der Waals surface area contributed by atoms with Gasteiger partial charge in [-0.05, 0) is 67.4 Å². The minimum atomic E-state index is -0.414. The summed E-state index contributed by atoms with van der Waals surface area (Å²) >= 11 is 5.05. The van der Waals surface area contributed by atoms with Crippen molar-refractivity contribution in [1.29, 1.82) is 0 Å². The first-order chi connectivity index (χ1) is 14.5. The zero-order valence-electron chi connectivity index (χ0n) is 16.4. The first-order valence-corrected chi connectivity index (χ1v) is 10.3. The summed E-state index contributed by atoms with van der Waals surface area (Å²) in [5.74, 6) is -0.369. The minimum Gasteiger partial charge on any atom is -0.322 e. The third kappa shape index (κ3) is 6.38. The molecule has 1 fully saturated rings. The fourth-order valence-electron chi connectivity index (χ4n) is 3.37. The van der Waals surface area contributed by atoms with E-state index in [1.165, 1.54) is 12.8 Å². The third-order valence-electron chi connectivity index (χ3n) is 4.93. The van der Waals surface area contributed by atoms with Crippen LogP contribution >= 0.6 is 12.2 Å². The Hall–Kier alpha value is -3.26. The highest BCUT2D eigenvalue weighted by Crippen LogP contribution is 2.27. The molecule has 1 saturated carbocycles. The Kier molecular flexibility index (Phi) is 7.51. The van der Waals surface area contributed by atoms with Crippen molar-refractivity contribution in [3.05, 3.63) is 65.7 Å². The molecule has 0 atom stereocenters. The van der Waals surface area contributed by atoms with Crippen LogP contribution in [0.5, 0.6) is 0 Å². The van der Waals surface area contributed by atoms with Crippen LogP contribution in [0.15, 0.2) is 54.6 Å². The highest BCUT2D eigenvalue weighted by atomic mass is 32.1. The second-order valence-electron chi connectivity index (χ2n) is 7.21. The fraction of sp³-hybridized carbons (Fsp3) is 0.273. The monoisotopic (exact) mass is 424 g/mol. The number of hydrazine groups is 1. The molecule has 1 aliphatic rings. The molecule has 3 amide bonds. The number of nitrogens with one attached hydrogen (secondary N) is 4. The molecule has 0 bridgehead atoms. The second kappa shape index (κ2) is 10.5. The Labute approximate surface area is 180 Å². The quantitative estimate of drug-likeness (QED) is 0.437. The van der Waals surface area contributed by atoms with Crippen molar-refractivity contribution in [3.8, 4) is 0 Å². The highest BCUT2D eigenvalue weighted by molar-refractivity contribution is 7.80.